The highest BCUT2D eigenvalue weighted by Crippen LogP contribution is 2.33. The lowest BCUT2D eigenvalue weighted by molar-refractivity contribution is 0.101. The van der Waals surface area contributed by atoms with Gasteiger partial charge in [-0.3, -0.25) is 4.79 Å². The number of methoxy groups -OCH3 is 2. The van der Waals surface area contributed by atoms with E-state index in [0.29, 0.717) is 28.6 Å². The average molecular weight is 282 g/mol. The molecule has 0 aromatic heterocycles. The van der Waals surface area contributed by atoms with Gasteiger partial charge in [0.2, 0.25) is 5.78 Å². The first kappa shape index (κ1) is 13.2. The Morgan fingerprint density at radius 3 is 2.48 bits per heavy atom. The van der Waals surface area contributed by atoms with Crippen molar-refractivity contribution >= 4 is 11.9 Å². The van der Waals surface area contributed by atoms with Crippen LogP contribution in [-0.2, 0) is 0 Å². The fourth-order valence-corrected chi connectivity index (χ4v) is 2.23. The smallest absolute Gasteiger partial charge is 0.231 e. The van der Waals surface area contributed by atoms with E-state index in [-0.39, 0.29) is 5.78 Å². The zero-order chi connectivity index (χ0) is 14.8. The van der Waals surface area contributed by atoms with Crippen molar-refractivity contribution in [1.82, 2.24) is 0 Å². The molecule has 0 N–H and O–H groups in total. The van der Waals surface area contributed by atoms with E-state index in [1.165, 1.54) is 0 Å². The largest absolute Gasteiger partial charge is 0.493 e. The molecule has 21 heavy (non-hydrogen) atoms. The topological polar surface area (TPSA) is 44.8 Å². The Bertz CT molecular complexity index is 731. The molecule has 2 aromatic carbocycles. The standard InChI is InChI=1S/C17H14O4/c1-19-14-8-7-11(9-15(14)20-2)10-16-17(18)12-5-3-4-6-13(12)21-16/h3-10H,1-2H3/b16-10+. The minimum Gasteiger partial charge on any atom is -0.493 e. The van der Waals surface area contributed by atoms with Gasteiger partial charge >= 0.3 is 0 Å². The minimum atomic E-state index is -0.111. The maximum atomic E-state index is 12.2. The molecule has 106 valence electrons. The van der Waals surface area contributed by atoms with Crippen molar-refractivity contribution in [2.45, 2.75) is 0 Å². The molecule has 1 heterocycles. The predicted molar refractivity (Wildman–Crippen MR) is 78.9 cm³/mol. The first-order valence-corrected chi connectivity index (χ1v) is 6.48. The van der Waals surface area contributed by atoms with Crippen molar-refractivity contribution < 1.29 is 19.0 Å². The summed E-state index contributed by atoms with van der Waals surface area (Å²) in [4.78, 5) is 12.2. The zero-order valence-electron chi connectivity index (χ0n) is 11.8. The molecule has 0 bridgehead atoms. The van der Waals surface area contributed by atoms with Crippen LogP contribution in [0.1, 0.15) is 15.9 Å². The monoisotopic (exact) mass is 282 g/mol. The number of para-hydroxylation sites is 1. The molecule has 0 spiro atoms. The molecule has 0 atom stereocenters. The van der Waals surface area contributed by atoms with Crippen LogP contribution in [0.3, 0.4) is 0 Å². The Morgan fingerprint density at radius 2 is 1.76 bits per heavy atom. The number of allylic oxidation sites excluding steroid dienone is 1. The summed E-state index contributed by atoms with van der Waals surface area (Å²) in [6.07, 6.45) is 1.70. The summed E-state index contributed by atoms with van der Waals surface area (Å²) in [5.74, 6) is 2.04. The van der Waals surface area contributed by atoms with Gasteiger partial charge in [-0.2, -0.15) is 0 Å². The molecule has 0 fully saturated rings. The van der Waals surface area contributed by atoms with Crippen molar-refractivity contribution in [3.8, 4) is 17.2 Å². The number of Topliss-reactive ketones (excluding diaryl/α,β-unsaturated/α-hetero) is 1. The molecular weight excluding hydrogens is 268 g/mol. The van der Waals surface area contributed by atoms with Crippen molar-refractivity contribution in [1.29, 1.82) is 0 Å². The average Bonchev–Trinajstić information content (AvgIpc) is 2.84. The van der Waals surface area contributed by atoms with E-state index < -0.39 is 0 Å². The summed E-state index contributed by atoms with van der Waals surface area (Å²) in [7, 11) is 3.15. The first-order chi connectivity index (χ1) is 10.2. The molecule has 0 aliphatic carbocycles. The van der Waals surface area contributed by atoms with Crippen LogP contribution in [0.4, 0.5) is 0 Å². The second kappa shape index (κ2) is 5.32. The number of benzene rings is 2. The van der Waals surface area contributed by atoms with E-state index in [1.807, 2.05) is 18.2 Å². The third-order valence-corrected chi connectivity index (χ3v) is 3.28. The highest BCUT2D eigenvalue weighted by atomic mass is 16.5. The lowest BCUT2D eigenvalue weighted by atomic mass is 10.1. The molecule has 0 unspecified atom stereocenters. The summed E-state index contributed by atoms with van der Waals surface area (Å²) < 4.78 is 16.0. The number of ether oxygens (including phenoxy) is 3. The summed E-state index contributed by atoms with van der Waals surface area (Å²) >= 11 is 0. The zero-order valence-corrected chi connectivity index (χ0v) is 11.8. The van der Waals surface area contributed by atoms with E-state index in [1.54, 1.807) is 44.6 Å². The van der Waals surface area contributed by atoms with Gasteiger partial charge < -0.3 is 14.2 Å². The van der Waals surface area contributed by atoms with Gasteiger partial charge in [0.05, 0.1) is 19.8 Å². The lowest BCUT2D eigenvalue weighted by Gasteiger charge is -2.08. The number of carbonyl (C=O) groups excluding carboxylic acids is 1. The van der Waals surface area contributed by atoms with Gasteiger partial charge in [0.1, 0.15) is 5.75 Å². The minimum absolute atomic E-state index is 0.111. The van der Waals surface area contributed by atoms with Crippen LogP contribution in [0, 0.1) is 0 Å². The molecule has 1 aliphatic rings. The number of hydrogen-bond donors (Lipinski definition) is 0. The SMILES string of the molecule is COc1ccc(/C=C2/Oc3ccccc3C2=O)cc1OC. The van der Waals surface area contributed by atoms with Gasteiger partial charge in [-0.15, -0.1) is 0 Å². The quantitative estimate of drug-likeness (QED) is 0.810. The van der Waals surface area contributed by atoms with Gasteiger partial charge in [-0.1, -0.05) is 18.2 Å². The third kappa shape index (κ3) is 2.36. The maximum absolute atomic E-state index is 12.2. The molecule has 4 heteroatoms. The predicted octanol–water partition coefficient (Wildman–Crippen LogP) is 3.32. The third-order valence-electron chi connectivity index (χ3n) is 3.28. The van der Waals surface area contributed by atoms with Gasteiger partial charge in [0, 0.05) is 0 Å². The highest BCUT2D eigenvalue weighted by molar-refractivity contribution is 6.14. The van der Waals surface area contributed by atoms with E-state index in [9.17, 15) is 4.79 Å². The first-order valence-electron chi connectivity index (χ1n) is 6.48. The van der Waals surface area contributed by atoms with Gasteiger partial charge in [-0.25, -0.2) is 0 Å². The number of ketones is 1. The van der Waals surface area contributed by atoms with Gasteiger partial charge in [0.15, 0.2) is 17.3 Å². The molecule has 0 saturated heterocycles. The Morgan fingerprint density at radius 1 is 1.00 bits per heavy atom. The van der Waals surface area contributed by atoms with Crippen LogP contribution in [0.25, 0.3) is 6.08 Å². The molecule has 4 nitrogen and oxygen atoms in total. The van der Waals surface area contributed by atoms with Crippen molar-refractivity contribution in [2.75, 3.05) is 14.2 Å². The number of rotatable bonds is 3. The Hall–Kier alpha value is -2.75. The van der Waals surface area contributed by atoms with Gasteiger partial charge in [0.25, 0.3) is 0 Å². The number of fused-ring (bicyclic) bond motifs is 1. The van der Waals surface area contributed by atoms with Crippen LogP contribution in [0.5, 0.6) is 17.2 Å². The Labute approximate surface area is 122 Å². The molecule has 3 rings (SSSR count). The molecule has 0 amide bonds. The molecule has 2 aromatic rings. The van der Waals surface area contributed by atoms with Crippen molar-refractivity contribution in [3.63, 3.8) is 0 Å². The van der Waals surface area contributed by atoms with Crippen LogP contribution < -0.4 is 14.2 Å². The van der Waals surface area contributed by atoms with Crippen molar-refractivity contribution in [2.24, 2.45) is 0 Å². The summed E-state index contributed by atoms with van der Waals surface area (Å²) in [6.45, 7) is 0. The van der Waals surface area contributed by atoms with Crippen LogP contribution in [-0.4, -0.2) is 20.0 Å². The van der Waals surface area contributed by atoms with E-state index in [4.69, 9.17) is 14.2 Å². The van der Waals surface area contributed by atoms with Crippen LogP contribution >= 0.6 is 0 Å². The molecule has 1 aliphatic heterocycles. The number of hydrogen-bond acceptors (Lipinski definition) is 4. The molecule has 0 saturated carbocycles. The van der Waals surface area contributed by atoms with Crippen LogP contribution in [0.15, 0.2) is 48.2 Å². The van der Waals surface area contributed by atoms with E-state index >= 15 is 0 Å². The fourth-order valence-electron chi connectivity index (χ4n) is 2.23. The van der Waals surface area contributed by atoms with E-state index in [0.717, 1.165) is 5.56 Å². The second-order valence-electron chi connectivity index (χ2n) is 4.55. The summed E-state index contributed by atoms with van der Waals surface area (Å²) in [6, 6.07) is 12.6. The Kier molecular flexibility index (Phi) is 3.36. The normalized spacial score (nSPS) is 14.8. The van der Waals surface area contributed by atoms with E-state index in [2.05, 4.69) is 0 Å². The fraction of sp³-hybridized carbons (Fsp3) is 0.118. The van der Waals surface area contributed by atoms with Gasteiger partial charge in [-0.05, 0) is 35.9 Å². The number of carbonyl (C=O) groups is 1. The molecular formula is C17H14O4. The summed E-state index contributed by atoms with van der Waals surface area (Å²) in [5.41, 5.74) is 1.40. The lowest BCUT2D eigenvalue weighted by Crippen LogP contribution is -1.98. The van der Waals surface area contributed by atoms with Crippen LogP contribution in [0.2, 0.25) is 0 Å². The Balaban J connectivity index is 1.95. The maximum Gasteiger partial charge on any atom is 0.231 e. The highest BCUT2D eigenvalue weighted by Gasteiger charge is 2.26. The molecule has 0 radical (unpaired) electrons. The summed E-state index contributed by atoms with van der Waals surface area (Å²) in [5, 5.41) is 0. The van der Waals surface area contributed by atoms with Crippen molar-refractivity contribution in [3.05, 3.63) is 59.4 Å². The second-order valence-corrected chi connectivity index (χ2v) is 4.55.